The first-order valence-corrected chi connectivity index (χ1v) is 5.17. The molecule has 2 aliphatic heterocycles. The highest BCUT2D eigenvalue weighted by Crippen LogP contribution is 2.31. The Balaban J connectivity index is 2.30. The van der Waals surface area contributed by atoms with Gasteiger partial charge in [0.2, 0.25) is 0 Å². The van der Waals surface area contributed by atoms with Crippen LogP contribution in [-0.4, -0.2) is 29.8 Å². The highest BCUT2D eigenvalue weighted by molar-refractivity contribution is 8.03. The van der Waals surface area contributed by atoms with Gasteiger partial charge in [-0.3, -0.25) is 0 Å². The summed E-state index contributed by atoms with van der Waals surface area (Å²) in [5, 5.41) is 15.4. The zero-order valence-electron chi connectivity index (χ0n) is 6.84. The fraction of sp³-hybridized carbons (Fsp3) is 0.625. The summed E-state index contributed by atoms with van der Waals surface area (Å²) in [6, 6.07) is 0. The van der Waals surface area contributed by atoms with Crippen LogP contribution in [0.5, 0.6) is 0 Å². The fourth-order valence-electron chi connectivity index (χ4n) is 1.62. The molecule has 0 amide bonds. The predicted molar refractivity (Wildman–Crippen MR) is 50.8 cm³/mol. The first kappa shape index (κ1) is 8.13. The maximum Gasteiger partial charge on any atom is 0.0856 e. The molecule has 0 aromatic heterocycles. The van der Waals surface area contributed by atoms with Gasteiger partial charge in [0, 0.05) is 30.8 Å². The summed E-state index contributed by atoms with van der Waals surface area (Å²) < 4.78 is 0. The summed E-state index contributed by atoms with van der Waals surface area (Å²) in [4.78, 5) is 1.42. The zero-order chi connectivity index (χ0) is 8.39. The quantitative estimate of drug-likeness (QED) is 0.439. The van der Waals surface area contributed by atoms with Gasteiger partial charge in [-0.1, -0.05) is 5.16 Å². The van der Waals surface area contributed by atoms with Gasteiger partial charge in [-0.15, -0.1) is 11.8 Å². The van der Waals surface area contributed by atoms with Gasteiger partial charge in [0.1, 0.15) is 0 Å². The molecule has 2 N–H and O–H groups in total. The Morgan fingerprint density at radius 2 is 2.33 bits per heavy atom. The third-order valence-corrected chi connectivity index (χ3v) is 3.46. The van der Waals surface area contributed by atoms with Crippen LogP contribution in [0.15, 0.2) is 15.6 Å². The number of nitrogens with zero attached hydrogens (tertiary/aromatic N) is 1. The minimum Gasteiger partial charge on any atom is -0.411 e. The average Bonchev–Trinajstić information content (AvgIpc) is 2.17. The lowest BCUT2D eigenvalue weighted by atomic mass is 10.0. The van der Waals surface area contributed by atoms with E-state index in [1.54, 1.807) is 0 Å². The van der Waals surface area contributed by atoms with E-state index in [1.165, 1.54) is 10.5 Å². The molecule has 3 nitrogen and oxygen atoms in total. The molecule has 2 aliphatic rings. The SMILES string of the molecule is O/N=C1\CCSC2=C1CNCC2. The maximum atomic E-state index is 8.75. The van der Waals surface area contributed by atoms with Crippen molar-refractivity contribution in [2.75, 3.05) is 18.8 Å². The normalized spacial score (nSPS) is 27.5. The second-order valence-corrected chi connectivity index (χ2v) is 4.16. The summed E-state index contributed by atoms with van der Waals surface area (Å²) in [5.41, 5.74) is 2.12. The Kier molecular flexibility index (Phi) is 2.37. The smallest absolute Gasteiger partial charge is 0.0856 e. The molecular weight excluding hydrogens is 172 g/mol. The molecule has 0 radical (unpaired) electrons. The van der Waals surface area contributed by atoms with Crippen molar-refractivity contribution in [3.8, 4) is 0 Å². The Hall–Kier alpha value is -0.480. The lowest BCUT2D eigenvalue weighted by Gasteiger charge is -2.25. The Morgan fingerprint density at radius 3 is 3.17 bits per heavy atom. The molecule has 0 saturated carbocycles. The van der Waals surface area contributed by atoms with E-state index in [0.29, 0.717) is 0 Å². The summed E-state index contributed by atoms with van der Waals surface area (Å²) >= 11 is 1.91. The van der Waals surface area contributed by atoms with Crippen molar-refractivity contribution in [1.82, 2.24) is 5.32 Å². The van der Waals surface area contributed by atoms with Crippen LogP contribution >= 0.6 is 11.8 Å². The van der Waals surface area contributed by atoms with E-state index >= 15 is 0 Å². The Labute approximate surface area is 75.9 Å². The largest absolute Gasteiger partial charge is 0.411 e. The summed E-state index contributed by atoms with van der Waals surface area (Å²) in [6.45, 7) is 1.94. The van der Waals surface area contributed by atoms with E-state index in [0.717, 1.165) is 37.4 Å². The van der Waals surface area contributed by atoms with Crippen molar-refractivity contribution in [1.29, 1.82) is 0 Å². The molecule has 66 valence electrons. The van der Waals surface area contributed by atoms with Crippen LogP contribution in [-0.2, 0) is 0 Å². The molecule has 0 unspecified atom stereocenters. The molecular formula is C8H12N2OS. The standard InChI is InChI=1S/C8H12N2OS/c11-10-7-2-4-12-8-1-3-9-5-6(7)8/h9,11H,1-5H2/b10-7+. The minimum absolute atomic E-state index is 0.877. The second kappa shape index (κ2) is 3.49. The van der Waals surface area contributed by atoms with Crippen LogP contribution in [0, 0.1) is 0 Å². The van der Waals surface area contributed by atoms with Crippen LogP contribution in [0.25, 0.3) is 0 Å². The van der Waals surface area contributed by atoms with Crippen molar-refractivity contribution in [2.24, 2.45) is 5.16 Å². The molecule has 4 heteroatoms. The molecule has 0 aromatic carbocycles. The maximum absolute atomic E-state index is 8.75. The molecule has 0 bridgehead atoms. The van der Waals surface area contributed by atoms with Crippen molar-refractivity contribution in [2.45, 2.75) is 12.8 Å². The molecule has 0 aliphatic carbocycles. The first-order chi connectivity index (χ1) is 5.92. The molecule has 0 fully saturated rings. The van der Waals surface area contributed by atoms with Crippen molar-refractivity contribution < 1.29 is 5.21 Å². The van der Waals surface area contributed by atoms with E-state index in [-0.39, 0.29) is 0 Å². The Morgan fingerprint density at radius 1 is 1.42 bits per heavy atom. The molecule has 0 spiro atoms. The second-order valence-electron chi connectivity index (χ2n) is 2.97. The van der Waals surface area contributed by atoms with Gasteiger partial charge in [-0.05, 0) is 11.3 Å². The van der Waals surface area contributed by atoms with E-state index in [1.807, 2.05) is 11.8 Å². The number of oxime groups is 1. The number of nitrogens with one attached hydrogen (secondary N) is 1. The van der Waals surface area contributed by atoms with Gasteiger partial charge in [0.25, 0.3) is 0 Å². The van der Waals surface area contributed by atoms with Crippen molar-refractivity contribution in [3.05, 3.63) is 10.5 Å². The average molecular weight is 184 g/mol. The Bertz CT molecular complexity index is 243. The van der Waals surface area contributed by atoms with Crippen molar-refractivity contribution >= 4 is 17.5 Å². The number of rotatable bonds is 0. The third-order valence-electron chi connectivity index (χ3n) is 2.25. The van der Waals surface area contributed by atoms with Gasteiger partial charge in [0.05, 0.1) is 5.71 Å². The highest BCUT2D eigenvalue weighted by Gasteiger charge is 2.21. The highest BCUT2D eigenvalue weighted by atomic mass is 32.2. The number of hydrogen-bond donors (Lipinski definition) is 2. The number of thioether (sulfide) groups is 1. The fourth-order valence-corrected chi connectivity index (χ4v) is 2.77. The number of hydrogen-bond acceptors (Lipinski definition) is 4. The van der Waals surface area contributed by atoms with Crippen LogP contribution < -0.4 is 5.32 Å². The molecule has 0 aromatic rings. The molecule has 12 heavy (non-hydrogen) atoms. The van der Waals surface area contributed by atoms with E-state index in [4.69, 9.17) is 5.21 Å². The minimum atomic E-state index is 0.877. The van der Waals surface area contributed by atoms with Gasteiger partial charge in [0.15, 0.2) is 0 Å². The van der Waals surface area contributed by atoms with Crippen molar-refractivity contribution in [3.63, 3.8) is 0 Å². The van der Waals surface area contributed by atoms with Gasteiger partial charge >= 0.3 is 0 Å². The summed E-state index contributed by atoms with van der Waals surface area (Å²) in [7, 11) is 0. The van der Waals surface area contributed by atoms with Gasteiger partial charge in [-0.25, -0.2) is 0 Å². The molecule has 2 rings (SSSR count). The first-order valence-electron chi connectivity index (χ1n) is 4.18. The van der Waals surface area contributed by atoms with Crippen LogP contribution in [0.1, 0.15) is 12.8 Å². The van der Waals surface area contributed by atoms with Crippen LogP contribution in [0.3, 0.4) is 0 Å². The summed E-state index contributed by atoms with van der Waals surface area (Å²) in [5.74, 6) is 1.07. The third kappa shape index (κ3) is 1.36. The van der Waals surface area contributed by atoms with Crippen LogP contribution in [0.2, 0.25) is 0 Å². The van der Waals surface area contributed by atoms with Crippen LogP contribution in [0.4, 0.5) is 0 Å². The van der Waals surface area contributed by atoms with E-state index in [9.17, 15) is 0 Å². The lowest BCUT2D eigenvalue weighted by molar-refractivity contribution is 0.318. The zero-order valence-corrected chi connectivity index (χ0v) is 7.65. The molecule has 0 saturated heterocycles. The lowest BCUT2D eigenvalue weighted by Crippen LogP contribution is -2.30. The molecule has 2 heterocycles. The topological polar surface area (TPSA) is 44.6 Å². The monoisotopic (exact) mass is 184 g/mol. The predicted octanol–water partition coefficient (Wildman–Crippen LogP) is 1.20. The van der Waals surface area contributed by atoms with E-state index in [2.05, 4.69) is 10.5 Å². The molecule has 0 atom stereocenters. The van der Waals surface area contributed by atoms with Gasteiger partial charge < -0.3 is 10.5 Å². The van der Waals surface area contributed by atoms with E-state index < -0.39 is 0 Å². The van der Waals surface area contributed by atoms with Gasteiger partial charge in [-0.2, -0.15) is 0 Å². The summed E-state index contributed by atoms with van der Waals surface area (Å²) in [6.07, 6.45) is 2.00.